The fourth-order valence-electron chi connectivity index (χ4n) is 2.40. The Kier molecular flexibility index (Phi) is 3.77. The summed E-state index contributed by atoms with van der Waals surface area (Å²) in [6.45, 7) is 8.79. The summed E-state index contributed by atoms with van der Waals surface area (Å²) in [6.07, 6.45) is 0. The van der Waals surface area contributed by atoms with E-state index in [1.165, 1.54) is 22.3 Å². The van der Waals surface area contributed by atoms with Crippen LogP contribution in [0.25, 0.3) is 0 Å². The Morgan fingerprint density at radius 2 is 1.47 bits per heavy atom. The molecule has 1 atom stereocenters. The molecule has 0 aromatic heterocycles. The Balaban J connectivity index is 2.44. The molecule has 1 unspecified atom stereocenters. The second kappa shape index (κ2) is 5.18. The van der Waals surface area contributed by atoms with Gasteiger partial charge in [0.2, 0.25) is 0 Å². The maximum Gasteiger partial charge on any atom is 0.0554 e. The summed E-state index contributed by atoms with van der Waals surface area (Å²) < 4.78 is 0. The molecule has 2 N–H and O–H groups in total. The van der Waals surface area contributed by atoms with Crippen molar-refractivity contribution in [3.8, 4) is 0 Å². The van der Waals surface area contributed by atoms with E-state index in [4.69, 9.17) is 5.73 Å². The number of hydrogen-bond donors (Lipinski definition) is 1. The number of rotatable bonds is 2. The molecule has 0 bridgehead atoms. The van der Waals surface area contributed by atoms with Crippen LogP contribution in [0.15, 0.2) is 48.5 Å². The maximum atomic E-state index is 6.46. The van der Waals surface area contributed by atoms with Crippen molar-refractivity contribution in [1.29, 1.82) is 0 Å². The first-order valence-corrected chi connectivity index (χ1v) is 6.81. The van der Waals surface area contributed by atoms with Crippen molar-refractivity contribution in [1.82, 2.24) is 0 Å². The van der Waals surface area contributed by atoms with Gasteiger partial charge in [-0.3, -0.25) is 0 Å². The Hall–Kier alpha value is -1.60. The first kappa shape index (κ1) is 13.8. The molecule has 0 aliphatic rings. The summed E-state index contributed by atoms with van der Waals surface area (Å²) >= 11 is 0. The lowest BCUT2D eigenvalue weighted by Gasteiger charge is -2.26. The molecule has 0 amide bonds. The monoisotopic (exact) mass is 253 g/mol. The first-order chi connectivity index (χ1) is 8.89. The minimum Gasteiger partial charge on any atom is -0.320 e. The van der Waals surface area contributed by atoms with Crippen molar-refractivity contribution in [2.24, 2.45) is 5.73 Å². The lowest BCUT2D eigenvalue weighted by atomic mass is 9.81. The zero-order valence-electron chi connectivity index (χ0n) is 12.3. The Bertz CT molecular complexity index is 547. The van der Waals surface area contributed by atoms with Gasteiger partial charge >= 0.3 is 0 Å². The maximum absolute atomic E-state index is 6.46. The molecule has 2 aromatic carbocycles. The Morgan fingerprint density at radius 3 is 2.05 bits per heavy atom. The molecular formula is C18H23N. The van der Waals surface area contributed by atoms with Gasteiger partial charge in [-0.1, -0.05) is 74.9 Å². The molecule has 1 nitrogen and oxygen atoms in total. The quantitative estimate of drug-likeness (QED) is 0.846. The molecule has 0 heterocycles. The zero-order chi connectivity index (χ0) is 14.0. The molecular weight excluding hydrogens is 230 g/mol. The van der Waals surface area contributed by atoms with Crippen molar-refractivity contribution < 1.29 is 0 Å². The minimum atomic E-state index is -0.0592. The van der Waals surface area contributed by atoms with Crippen molar-refractivity contribution in [3.05, 3.63) is 70.8 Å². The van der Waals surface area contributed by atoms with E-state index in [9.17, 15) is 0 Å². The van der Waals surface area contributed by atoms with Gasteiger partial charge in [-0.25, -0.2) is 0 Å². The van der Waals surface area contributed by atoms with Gasteiger partial charge in [0, 0.05) is 0 Å². The average Bonchev–Trinajstić information content (AvgIpc) is 2.38. The van der Waals surface area contributed by atoms with Gasteiger partial charge in [-0.05, 0) is 29.0 Å². The highest BCUT2D eigenvalue weighted by molar-refractivity contribution is 5.40. The largest absolute Gasteiger partial charge is 0.320 e. The molecule has 0 aliphatic carbocycles. The van der Waals surface area contributed by atoms with Crippen LogP contribution < -0.4 is 5.73 Å². The van der Waals surface area contributed by atoms with Gasteiger partial charge in [-0.15, -0.1) is 0 Å². The van der Waals surface area contributed by atoms with E-state index in [2.05, 4.69) is 76.2 Å². The van der Waals surface area contributed by atoms with E-state index in [0.29, 0.717) is 0 Å². The summed E-state index contributed by atoms with van der Waals surface area (Å²) in [5, 5.41) is 0. The van der Waals surface area contributed by atoms with Crippen LogP contribution in [0.3, 0.4) is 0 Å². The molecule has 2 aromatic rings. The standard InChI is InChI=1S/C18H23N/c1-13-9-11-14(12-10-13)17(19)15-7-5-6-8-16(15)18(2,3)4/h5-12,17H,19H2,1-4H3. The molecule has 0 radical (unpaired) electrons. The Morgan fingerprint density at radius 1 is 0.895 bits per heavy atom. The van der Waals surface area contributed by atoms with Gasteiger partial charge in [0.1, 0.15) is 0 Å². The van der Waals surface area contributed by atoms with Gasteiger partial charge in [-0.2, -0.15) is 0 Å². The number of aryl methyl sites for hydroxylation is 1. The van der Waals surface area contributed by atoms with Crippen molar-refractivity contribution in [3.63, 3.8) is 0 Å². The van der Waals surface area contributed by atoms with Gasteiger partial charge in [0.05, 0.1) is 6.04 Å². The Labute approximate surface area is 116 Å². The van der Waals surface area contributed by atoms with Crippen LogP contribution in [0.2, 0.25) is 0 Å². The second-order valence-electron chi connectivity index (χ2n) is 6.23. The predicted octanol–water partition coefficient (Wildman–Crippen LogP) is 4.34. The van der Waals surface area contributed by atoms with Crippen molar-refractivity contribution in [2.75, 3.05) is 0 Å². The molecule has 19 heavy (non-hydrogen) atoms. The summed E-state index contributed by atoms with van der Waals surface area (Å²) in [5.74, 6) is 0. The van der Waals surface area contributed by atoms with Gasteiger partial charge < -0.3 is 5.73 Å². The predicted molar refractivity (Wildman–Crippen MR) is 82.4 cm³/mol. The number of nitrogens with two attached hydrogens (primary N) is 1. The third-order valence-corrected chi connectivity index (χ3v) is 3.54. The van der Waals surface area contributed by atoms with Crippen molar-refractivity contribution >= 4 is 0 Å². The smallest absolute Gasteiger partial charge is 0.0554 e. The SMILES string of the molecule is Cc1ccc(C(N)c2ccccc2C(C)(C)C)cc1. The lowest BCUT2D eigenvalue weighted by Crippen LogP contribution is -2.20. The molecule has 1 heteroatoms. The highest BCUT2D eigenvalue weighted by Gasteiger charge is 2.21. The molecule has 0 spiro atoms. The van der Waals surface area contributed by atoms with E-state index in [1.807, 2.05) is 0 Å². The van der Waals surface area contributed by atoms with Gasteiger partial charge in [0.25, 0.3) is 0 Å². The van der Waals surface area contributed by atoms with Crippen molar-refractivity contribution in [2.45, 2.75) is 39.2 Å². The molecule has 100 valence electrons. The molecule has 0 saturated carbocycles. The summed E-state index contributed by atoms with van der Waals surface area (Å²) in [7, 11) is 0. The van der Waals surface area contributed by atoms with E-state index >= 15 is 0 Å². The van der Waals surface area contributed by atoms with Crippen LogP contribution in [0.4, 0.5) is 0 Å². The normalized spacial score (nSPS) is 13.3. The van der Waals surface area contributed by atoms with Crippen LogP contribution >= 0.6 is 0 Å². The zero-order valence-corrected chi connectivity index (χ0v) is 12.3. The number of hydrogen-bond acceptors (Lipinski definition) is 1. The van der Waals surface area contributed by atoms with E-state index in [-0.39, 0.29) is 11.5 Å². The average molecular weight is 253 g/mol. The van der Waals surface area contributed by atoms with Crippen LogP contribution in [0.5, 0.6) is 0 Å². The van der Waals surface area contributed by atoms with Crippen LogP contribution in [0.1, 0.15) is 49.1 Å². The highest BCUT2D eigenvalue weighted by atomic mass is 14.6. The third kappa shape index (κ3) is 3.05. The van der Waals surface area contributed by atoms with E-state index in [0.717, 1.165) is 0 Å². The summed E-state index contributed by atoms with van der Waals surface area (Å²) in [6, 6.07) is 16.9. The minimum absolute atomic E-state index is 0.0592. The topological polar surface area (TPSA) is 26.0 Å². The van der Waals surface area contributed by atoms with E-state index in [1.54, 1.807) is 0 Å². The first-order valence-electron chi connectivity index (χ1n) is 6.81. The van der Waals surface area contributed by atoms with Gasteiger partial charge in [0.15, 0.2) is 0 Å². The molecule has 0 aliphatic heterocycles. The molecule has 0 fully saturated rings. The van der Waals surface area contributed by atoms with Crippen LogP contribution in [-0.2, 0) is 5.41 Å². The molecule has 0 saturated heterocycles. The lowest BCUT2D eigenvalue weighted by molar-refractivity contribution is 0.578. The number of benzene rings is 2. The summed E-state index contributed by atoms with van der Waals surface area (Å²) in [4.78, 5) is 0. The van der Waals surface area contributed by atoms with E-state index < -0.39 is 0 Å². The second-order valence-corrected chi connectivity index (χ2v) is 6.23. The fraction of sp³-hybridized carbons (Fsp3) is 0.333. The third-order valence-electron chi connectivity index (χ3n) is 3.54. The van der Waals surface area contributed by atoms with Crippen LogP contribution in [0, 0.1) is 6.92 Å². The van der Waals surface area contributed by atoms with Crippen LogP contribution in [-0.4, -0.2) is 0 Å². The highest BCUT2D eigenvalue weighted by Crippen LogP contribution is 2.31. The fourth-order valence-corrected chi connectivity index (χ4v) is 2.40. The molecule has 2 rings (SSSR count). The summed E-state index contributed by atoms with van der Waals surface area (Å²) in [5.41, 5.74) is 11.6.